The van der Waals surface area contributed by atoms with Gasteiger partial charge in [0.15, 0.2) is 44.0 Å². The number of hydrogen-bond acceptors (Lipinski definition) is 33. The van der Waals surface area contributed by atoms with E-state index in [4.69, 9.17) is 61.6 Å². The van der Waals surface area contributed by atoms with Gasteiger partial charge >= 0.3 is 0 Å². The highest BCUT2D eigenvalue weighted by Crippen LogP contribution is 2.39. The third-order valence-corrected chi connectivity index (χ3v) is 14.8. The van der Waals surface area contributed by atoms with Crippen molar-refractivity contribution in [1.82, 2.24) is 5.32 Å². The number of rotatable bonds is 17. The van der Waals surface area contributed by atoms with Gasteiger partial charge in [-0.3, -0.25) is 4.79 Å². The van der Waals surface area contributed by atoms with Crippen molar-refractivity contribution in [2.24, 2.45) is 0 Å². The SMILES string of the molecule is CC(=O)N[C@H]1[C@H](O[C@H]2[C@@H](O)[C@@H](CO)O[C@@H](O[C@H]3[C@H](O[C@@H]4O[C@@H](C)[C@@H](O)[C@@H](O)[C@@H]4O)[C@@H](O)C(O)O[C@@H]3CO)[C@@H]2O)O[C@H](CO)[C@@H](O[C@@H]2O[C@@H](C)[C@@H](O)[C@@H](O)[C@@H]2O)[C@@H]1O[C@@H]1O[C@H](CO)[C@H](O)[C@H](O)[C@H]1O[C@@H]1O[C@@H](C)[C@@H](O)[C@@H](O)[C@@H]1O. The molecule has 0 radical (unpaired) electrons. The molecule has 0 saturated carbocycles. The van der Waals surface area contributed by atoms with Crippen molar-refractivity contribution < 1.29 is 163 Å². The average molecular weight is 1150 g/mol. The smallest absolute Gasteiger partial charge is 0.217 e. The third-order valence-electron chi connectivity index (χ3n) is 14.8. The molecule has 1 unspecified atom stereocenters. The highest BCUT2D eigenvalue weighted by atomic mass is 16.8. The van der Waals surface area contributed by atoms with Crippen LogP contribution in [-0.4, -0.2) is 344 Å². The topological polar surface area (TPSA) is 533 Å². The van der Waals surface area contributed by atoms with E-state index in [-0.39, 0.29) is 0 Å². The monoisotopic (exact) mass is 1150 g/mol. The minimum atomic E-state index is -2.30. The van der Waals surface area contributed by atoms with E-state index in [0.717, 1.165) is 6.92 Å². The molecule has 20 N–H and O–H groups in total. The average Bonchev–Trinajstić information content (AvgIpc) is 3.49. The number of aliphatic hydroxyl groups excluding tert-OH is 19. The first-order valence-electron chi connectivity index (χ1n) is 25.2. The quantitative estimate of drug-likeness (QED) is 0.0643. The summed E-state index contributed by atoms with van der Waals surface area (Å²) < 4.78 is 76.3. The minimum Gasteiger partial charge on any atom is -0.394 e. The maximum Gasteiger partial charge on any atom is 0.217 e. The Morgan fingerprint density at radius 1 is 0.333 bits per heavy atom. The van der Waals surface area contributed by atoms with Crippen LogP contribution in [0.2, 0.25) is 0 Å². The van der Waals surface area contributed by atoms with Crippen molar-refractivity contribution in [3.8, 4) is 0 Å². The molecule has 34 nitrogen and oxygen atoms in total. The van der Waals surface area contributed by atoms with Gasteiger partial charge in [0.2, 0.25) is 5.91 Å². The van der Waals surface area contributed by atoms with Crippen molar-refractivity contribution in [1.29, 1.82) is 0 Å². The van der Waals surface area contributed by atoms with Gasteiger partial charge in [-0.15, -0.1) is 0 Å². The summed E-state index contributed by atoms with van der Waals surface area (Å²) in [5.74, 6) is -0.931. The fourth-order valence-electron chi connectivity index (χ4n) is 10.2. The van der Waals surface area contributed by atoms with Gasteiger partial charge < -0.3 is 164 Å². The summed E-state index contributed by atoms with van der Waals surface area (Å²) >= 11 is 0. The number of aliphatic hydroxyl groups is 19. The third kappa shape index (κ3) is 13.1. The van der Waals surface area contributed by atoms with E-state index in [0.29, 0.717) is 0 Å². The molecule has 454 valence electrons. The van der Waals surface area contributed by atoms with E-state index in [1.165, 1.54) is 20.8 Å². The second kappa shape index (κ2) is 26.8. The second-order valence-corrected chi connectivity index (χ2v) is 20.3. The lowest BCUT2D eigenvalue weighted by Crippen LogP contribution is -2.71. The van der Waals surface area contributed by atoms with Gasteiger partial charge in [0, 0.05) is 6.92 Å². The fourth-order valence-corrected chi connectivity index (χ4v) is 10.2. The summed E-state index contributed by atoms with van der Waals surface area (Å²) in [4.78, 5) is 13.3. The molecule has 0 aliphatic carbocycles. The summed E-state index contributed by atoms with van der Waals surface area (Å²) in [7, 11) is 0. The largest absolute Gasteiger partial charge is 0.394 e. The summed E-state index contributed by atoms with van der Waals surface area (Å²) in [5.41, 5.74) is 0. The highest BCUT2D eigenvalue weighted by molar-refractivity contribution is 5.73. The Balaban J connectivity index is 1.24. The minimum absolute atomic E-state index is 0.931. The zero-order valence-electron chi connectivity index (χ0n) is 42.2. The van der Waals surface area contributed by atoms with Crippen LogP contribution in [0.15, 0.2) is 0 Å². The van der Waals surface area contributed by atoms with E-state index in [2.05, 4.69) is 5.32 Å². The summed E-state index contributed by atoms with van der Waals surface area (Å²) in [6.45, 7) is 0.659. The maximum absolute atomic E-state index is 13.3. The molecule has 7 aliphatic rings. The molecule has 7 rings (SSSR count). The van der Waals surface area contributed by atoms with Crippen LogP contribution >= 0.6 is 0 Å². The van der Waals surface area contributed by atoms with Crippen molar-refractivity contribution in [2.45, 2.75) is 243 Å². The predicted molar refractivity (Wildman–Crippen MR) is 239 cm³/mol. The number of carbonyl (C=O) groups excluding carboxylic acids is 1. The first-order chi connectivity index (χ1) is 36.8. The number of nitrogens with one attached hydrogen (secondary N) is 1. The molecular weight excluding hydrogens is 1070 g/mol. The van der Waals surface area contributed by atoms with Crippen LogP contribution in [0, 0.1) is 0 Å². The van der Waals surface area contributed by atoms with Crippen LogP contribution < -0.4 is 5.32 Å². The molecule has 7 aliphatic heterocycles. The molecule has 0 aromatic heterocycles. The maximum atomic E-state index is 13.3. The lowest BCUT2D eigenvalue weighted by molar-refractivity contribution is -0.403. The van der Waals surface area contributed by atoms with Gasteiger partial charge in [-0.25, -0.2) is 0 Å². The van der Waals surface area contributed by atoms with Crippen LogP contribution in [-0.2, 0) is 66.4 Å². The molecule has 1 amide bonds. The second-order valence-electron chi connectivity index (χ2n) is 20.3. The molecule has 0 aromatic carbocycles. The van der Waals surface area contributed by atoms with E-state index in [1.54, 1.807) is 0 Å². The molecule has 34 heteroatoms. The molecule has 7 saturated heterocycles. The van der Waals surface area contributed by atoms with Crippen LogP contribution in [0.25, 0.3) is 0 Å². The van der Waals surface area contributed by atoms with Crippen LogP contribution in [0.4, 0.5) is 0 Å². The summed E-state index contributed by atoms with van der Waals surface area (Å²) in [6.07, 6.45) is -64.2. The lowest BCUT2D eigenvalue weighted by Gasteiger charge is -2.52. The number of carbonyl (C=O) groups is 1. The molecule has 0 aromatic rings. The molecular formula is C44H75NO33. The molecule has 78 heavy (non-hydrogen) atoms. The molecule has 0 bridgehead atoms. The molecule has 35 atom stereocenters. The van der Waals surface area contributed by atoms with Gasteiger partial charge in [-0.1, -0.05) is 0 Å². The van der Waals surface area contributed by atoms with E-state index in [9.17, 15) is 102 Å². The Hall–Kier alpha value is -1.81. The Kier molecular flexibility index (Phi) is 21.9. The van der Waals surface area contributed by atoms with E-state index in [1.807, 2.05) is 0 Å². The van der Waals surface area contributed by atoms with Gasteiger partial charge in [0.05, 0.1) is 44.7 Å². The van der Waals surface area contributed by atoms with Crippen molar-refractivity contribution in [3.63, 3.8) is 0 Å². The van der Waals surface area contributed by atoms with Crippen molar-refractivity contribution >= 4 is 5.91 Å². The predicted octanol–water partition coefficient (Wildman–Crippen LogP) is -13.0. The Morgan fingerprint density at radius 2 is 0.692 bits per heavy atom. The zero-order chi connectivity index (χ0) is 57.5. The van der Waals surface area contributed by atoms with E-state index < -0.39 is 247 Å². The van der Waals surface area contributed by atoms with Crippen LogP contribution in [0.1, 0.15) is 27.7 Å². The Bertz CT molecular complexity index is 1890. The van der Waals surface area contributed by atoms with Crippen molar-refractivity contribution in [3.05, 3.63) is 0 Å². The molecule has 7 fully saturated rings. The zero-order valence-corrected chi connectivity index (χ0v) is 42.2. The van der Waals surface area contributed by atoms with Gasteiger partial charge in [-0.05, 0) is 20.8 Å². The first-order valence-corrected chi connectivity index (χ1v) is 25.2. The van der Waals surface area contributed by atoms with E-state index >= 15 is 0 Å². The summed E-state index contributed by atoms with van der Waals surface area (Å²) in [5, 5.41) is 208. The molecule has 7 heterocycles. The first kappa shape index (κ1) is 63.8. The highest BCUT2D eigenvalue weighted by Gasteiger charge is 2.60. The number of amides is 1. The lowest BCUT2D eigenvalue weighted by atomic mass is 9.93. The molecule has 0 spiro atoms. The van der Waals surface area contributed by atoms with Gasteiger partial charge in [-0.2, -0.15) is 0 Å². The number of hydrogen-bond donors (Lipinski definition) is 20. The van der Waals surface area contributed by atoms with Crippen LogP contribution in [0.3, 0.4) is 0 Å². The van der Waals surface area contributed by atoms with Gasteiger partial charge in [0.25, 0.3) is 0 Å². The Morgan fingerprint density at radius 3 is 1.15 bits per heavy atom. The van der Waals surface area contributed by atoms with Crippen molar-refractivity contribution in [2.75, 3.05) is 26.4 Å². The van der Waals surface area contributed by atoms with Crippen LogP contribution in [0.5, 0.6) is 0 Å². The van der Waals surface area contributed by atoms with Gasteiger partial charge in [0.1, 0.15) is 153 Å². The standard InChI is InChI=1S/C44H75NO33/c1-9-18(51)23(56)27(60)40(66-9)73-32-16(8-49)72-39(17(45-12(4)50)34(32)75-44-37(26(59)21(54)13(5-46)71-44)78-42-29(62)25(58)20(53)11(3)68-42)76-35-22(55)14(6-47)70-43(31(35)64)74-33-15(7-48)69-38(65)30(63)36(33)77-41-28(61)24(57)19(52)10(2)67-41/h9-11,13-44,46-49,51-65H,5-8H2,1-4H3,(H,45,50)/t9-,10-,11-,13+,14+,15+,16+,17+,18+,19+,20+,21-,22-,23+,24+,25+,26-,27-,28-,29-,30+,31+,32+,33+,34+,35-,36+,37+,38?,39-,40-,41-,42-,43-,44-/m0/s1. The summed E-state index contributed by atoms with van der Waals surface area (Å²) in [6, 6.07) is -1.93. The fraction of sp³-hybridized carbons (Fsp3) is 0.977. The number of ether oxygens (including phenoxy) is 13. The Labute approximate surface area is 443 Å². The normalized spacial score (nSPS) is 53.4.